The number of hydrogen-bond acceptors (Lipinski definition) is 4. The van der Waals surface area contributed by atoms with Crippen LogP contribution in [0, 0.1) is 6.92 Å². The van der Waals surface area contributed by atoms with E-state index >= 15 is 0 Å². The zero-order chi connectivity index (χ0) is 17.6. The van der Waals surface area contributed by atoms with E-state index in [2.05, 4.69) is 25.2 Å². The molecule has 0 saturated heterocycles. The minimum Gasteiger partial charge on any atom is -0.486 e. The van der Waals surface area contributed by atoms with Crippen LogP contribution in [-0.2, 0) is 4.79 Å². The van der Waals surface area contributed by atoms with Crippen LogP contribution in [0.4, 0.5) is 0 Å². The van der Waals surface area contributed by atoms with Crippen molar-refractivity contribution in [3.8, 4) is 11.5 Å². The van der Waals surface area contributed by atoms with Crippen molar-refractivity contribution in [2.24, 2.45) is 0 Å². The number of rotatable bonds is 6. The van der Waals surface area contributed by atoms with E-state index in [-0.39, 0.29) is 11.9 Å². The highest BCUT2D eigenvalue weighted by molar-refractivity contribution is 8.00. The minimum atomic E-state index is -0.0270. The van der Waals surface area contributed by atoms with Gasteiger partial charge in [0.05, 0.1) is 11.8 Å². The zero-order valence-corrected chi connectivity index (χ0v) is 15.4. The number of amides is 1. The van der Waals surface area contributed by atoms with Crippen LogP contribution < -0.4 is 14.8 Å². The van der Waals surface area contributed by atoms with E-state index < -0.39 is 0 Å². The zero-order valence-electron chi connectivity index (χ0n) is 14.6. The number of carbonyl (C=O) groups is 1. The summed E-state index contributed by atoms with van der Waals surface area (Å²) < 4.78 is 11.2. The molecule has 0 aromatic heterocycles. The largest absolute Gasteiger partial charge is 0.486 e. The summed E-state index contributed by atoms with van der Waals surface area (Å²) in [6.45, 7) is 5.27. The Morgan fingerprint density at radius 2 is 1.92 bits per heavy atom. The standard InChI is InChI=1S/C20H23NO3S/c1-3-16(15-8-9-17-18(12-15)24-11-10-23-17)21-20(22)13-25-19-7-5-4-6-14(19)2/h4-9,12,16H,3,10-11,13H2,1-2H3,(H,21,22). The Bertz CT molecular complexity index is 747. The van der Waals surface area contributed by atoms with Gasteiger partial charge in [0.25, 0.3) is 0 Å². The third-order valence-corrected chi connectivity index (χ3v) is 5.34. The van der Waals surface area contributed by atoms with Gasteiger partial charge in [0, 0.05) is 4.90 Å². The maximum absolute atomic E-state index is 12.4. The summed E-state index contributed by atoms with van der Waals surface area (Å²) in [5.41, 5.74) is 2.24. The minimum absolute atomic E-state index is 0.0270. The van der Waals surface area contributed by atoms with Crippen LogP contribution in [0.1, 0.15) is 30.5 Å². The average Bonchev–Trinajstić information content (AvgIpc) is 2.65. The Morgan fingerprint density at radius 3 is 2.68 bits per heavy atom. The van der Waals surface area contributed by atoms with E-state index in [9.17, 15) is 4.79 Å². The molecule has 2 aromatic carbocycles. The van der Waals surface area contributed by atoms with Gasteiger partial charge in [0.2, 0.25) is 5.91 Å². The van der Waals surface area contributed by atoms with Gasteiger partial charge in [-0.25, -0.2) is 0 Å². The molecule has 132 valence electrons. The molecular weight excluding hydrogens is 334 g/mol. The number of ether oxygens (including phenoxy) is 2. The highest BCUT2D eigenvalue weighted by Gasteiger charge is 2.17. The lowest BCUT2D eigenvalue weighted by molar-refractivity contribution is -0.119. The Kier molecular flexibility index (Phi) is 5.87. The predicted octanol–water partition coefficient (Wildman–Crippen LogP) is 4.13. The van der Waals surface area contributed by atoms with Crippen molar-refractivity contribution in [1.82, 2.24) is 5.32 Å². The summed E-state index contributed by atoms with van der Waals surface area (Å²) in [5, 5.41) is 3.12. The molecule has 1 N–H and O–H groups in total. The lowest BCUT2D eigenvalue weighted by atomic mass is 10.0. The molecule has 0 aliphatic carbocycles. The second-order valence-electron chi connectivity index (χ2n) is 5.99. The fourth-order valence-corrected chi connectivity index (χ4v) is 3.64. The van der Waals surface area contributed by atoms with Gasteiger partial charge in [-0.05, 0) is 42.7 Å². The molecule has 1 aliphatic heterocycles. The van der Waals surface area contributed by atoms with E-state index in [4.69, 9.17) is 9.47 Å². The SMILES string of the molecule is CCC(NC(=O)CSc1ccccc1C)c1ccc2c(c1)OCCO2. The van der Waals surface area contributed by atoms with Gasteiger partial charge < -0.3 is 14.8 Å². The van der Waals surface area contributed by atoms with Crippen LogP contribution in [0.5, 0.6) is 11.5 Å². The van der Waals surface area contributed by atoms with Crippen LogP contribution in [0.15, 0.2) is 47.4 Å². The first-order chi connectivity index (χ1) is 12.2. The van der Waals surface area contributed by atoms with Crippen molar-refractivity contribution in [3.05, 3.63) is 53.6 Å². The van der Waals surface area contributed by atoms with Crippen molar-refractivity contribution in [2.45, 2.75) is 31.2 Å². The van der Waals surface area contributed by atoms with Crippen molar-refractivity contribution < 1.29 is 14.3 Å². The summed E-state index contributed by atoms with van der Waals surface area (Å²) in [6.07, 6.45) is 0.820. The lowest BCUT2D eigenvalue weighted by Gasteiger charge is -2.22. The first-order valence-corrected chi connectivity index (χ1v) is 9.53. The predicted molar refractivity (Wildman–Crippen MR) is 101 cm³/mol. The summed E-state index contributed by atoms with van der Waals surface area (Å²) in [5.74, 6) is 1.97. The molecule has 1 heterocycles. The molecule has 1 amide bonds. The summed E-state index contributed by atoms with van der Waals surface area (Å²) in [4.78, 5) is 13.5. The molecule has 0 fully saturated rings. The van der Waals surface area contributed by atoms with Crippen LogP contribution in [0.2, 0.25) is 0 Å². The molecule has 1 aliphatic rings. The van der Waals surface area contributed by atoms with Gasteiger partial charge in [-0.15, -0.1) is 11.8 Å². The summed E-state index contributed by atoms with van der Waals surface area (Å²) >= 11 is 1.57. The monoisotopic (exact) mass is 357 g/mol. The summed E-state index contributed by atoms with van der Waals surface area (Å²) in [7, 11) is 0. The number of benzene rings is 2. The van der Waals surface area contributed by atoms with Crippen LogP contribution >= 0.6 is 11.8 Å². The number of carbonyl (C=O) groups excluding carboxylic acids is 1. The Labute approximate surface area is 152 Å². The van der Waals surface area contributed by atoms with Crippen LogP contribution in [0.3, 0.4) is 0 Å². The van der Waals surface area contributed by atoms with Gasteiger partial charge in [-0.3, -0.25) is 4.79 Å². The number of thioether (sulfide) groups is 1. The van der Waals surface area contributed by atoms with Gasteiger partial charge in [0.15, 0.2) is 11.5 Å². The second kappa shape index (κ2) is 8.30. The smallest absolute Gasteiger partial charge is 0.230 e. The molecule has 0 spiro atoms. The van der Waals surface area contributed by atoms with E-state index in [1.807, 2.05) is 36.4 Å². The Hall–Kier alpha value is -2.14. The molecule has 0 bridgehead atoms. The van der Waals surface area contributed by atoms with E-state index in [1.165, 1.54) is 5.56 Å². The number of nitrogens with one attached hydrogen (secondary N) is 1. The molecule has 1 unspecified atom stereocenters. The topological polar surface area (TPSA) is 47.6 Å². The fraction of sp³-hybridized carbons (Fsp3) is 0.350. The molecule has 4 nitrogen and oxygen atoms in total. The summed E-state index contributed by atoms with van der Waals surface area (Å²) in [6, 6.07) is 14.0. The van der Waals surface area contributed by atoms with Crippen molar-refractivity contribution >= 4 is 17.7 Å². The van der Waals surface area contributed by atoms with E-state index in [0.717, 1.165) is 28.4 Å². The average molecular weight is 357 g/mol. The maximum atomic E-state index is 12.4. The first-order valence-electron chi connectivity index (χ1n) is 8.54. The fourth-order valence-electron chi connectivity index (χ4n) is 2.80. The Balaban J connectivity index is 1.61. The molecule has 5 heteroatoms. The molecule has 1 atom stereocenters. The highest BCUT2D eigenvalue weighted by Crippen LogP contribution is 2.33. The van der Waals surface area contributed by atoms with Crippen LogP contribution in [-0.4, -0.2) is 24.9 Å². The molecule has 0 radical (unpaired) electrons. The number of fused-ring (bicyclic) bond motifs is 1. The molecule has 0 saturated carbocycles. The second-order valence-corrected chi connectivity index (χ2v) is 7.00. The van der Waals surface area contributed by atoms with Gasteiger partial charge in [-0.2, -0.15) is 0 Å². The van der Waals surface area contributed by atoms with Gasteiger partial charge >= 0.3 is 0 Å². The first kappa shape index (κ1) is 17.7. The van der Waals surface area contributed by atoms with Crippen molar-refractivity contribution in [1.29, 1.82) is 0 Å². The maximum Gasteiger partial charge on any atom is 0.230 e. The molecule has 2 aromatic rings. The van der Waals surface area contributed by atoms with Crippen molar-refractivity contribution in [3.63, 3.8) is 0 Å². The quantitative estimate of drug-likeness (QED) is 0.790. The third-order valence-electron chi connectivity index (χ3n) is 4.16. The van der Waals surface area contributed by atoms with Gasteiger partial charge in [0.1, 0.15) is 13.2 Å². The lowest BCUT2D eigenvalue weighted by Crippen LogP contribution is -2.29. The number of aryl methyl sites for hydroxylation is 1. The Morgan fingerprint density at radius 1 is 1.16 bits per heavy atom. The molecular formula is C20H23NO3S. The third kappa shape index (κ3) is 4.48. The highest BCUT2D eigenvalue weighted by atomic mass is 32.2. The van der Waals surface area contributed by atoms with Crippen molar-refractivity contribution in [2.75, 3.05) is 19.0 Å². The van der Waals surface area contributed by atoms with Gasteiger partial charge in [-0.1, -0.05) is 31.2 Å². The number of hydrogen-bond donors (Lipinski definition) is 1. The molecule has 25 heavy (non-hydrogen) atoms. The normalized spacial score (nSPS) is 14.0. The van der Waals surface area contributed by atoms with E-state index in [0.29, 0.717) is 19.0 Å². The molecule has 3 rings (SSSR count). The van der Waals surface area contributed by atoms with Crippen LogP contribution in [0.25, 0.3) is 0 Å². The van der Waals surface area contributed by atoms with E-state index in [1.54, 1.807) is 11.8 Å².